The molecule has 0 aromatic heterocycles. The van der Waals surface area contributed by atoms with E-state index in [1.54, 1.807) is 6.21 Å². The van der Waals surface area contributed by atoms with Crippen LogP contribution >= 0.6 is 0 Å². The molecule has 0 aromatic carbocycles. The van der Waals surface area contributed by atoms with Crippen LogP contribution in [0.2, 0.25) is 0 Å². The Morgan fingerprint density at radius 3 is 2.91 bits per heavy atom. The quantitative estimate of drug-likeness (QED) is 0.295. The zero-order valence-corrected chi connectivity index (χ0v) is 5.82. The number of nitrogens with two attached hydrogens (primary N) is 2. The summed E-state index contributed by atoms with van der Waals surface area (Å²) in [7, 11) is 0. The van der Waals surface area contributed by atoms with Crippen LogP contribution in [0.15, 0.2) is 9.98 Å². The van der Waals surface area contributed by atoms with E-state index in [-0.39, 0.29) is 5.96 Å². The molecule has 0 aliphatic carbocycles. The van der Waals surface area contributed by atoms with E-state index >= 15 is 0 Å². The maximum absolute atomic E-state index is 10.9. The maximum atomic E-state index is 10.9. The molecule has 1 amide bonds. The van der Waals surface area contributed by atoms with Crippen molar-refractivity contribution in [3.05, 3.63) is 0 Å². The zero-order chi connectivity index (χ0) is 8.27. The molecule has 0 bridgehead atoms. The van der Waals surface area contributed by atoms with Crippen LogP contribution in [-0.4, -0.2) is 30.8 Å². The summed E-state index contributed by atoms with van der Waals surface area (Å²) in [5, 5.41) is 2.77. The fourth-order valence-corrected chi connectivity index (χ4v) is 0.715. The molecule has 1 aliphatic rings. The van der Waals surface area contributed by atoms with Gasteiger partial charge in [0.25, 0.3) is 5.91 Å². The van der Waals surface area contributed by atoms with Crippen LogP contribution in [-0.2, 0) is 4.79 Å². The Bertz CT molecular complexity index is 217. The van der Waals surface area contributed by atoms with Crippen molar-refractivity contribution in [2.24, 2.45) is 21.5 Å². The molecule has 6 heteroatoms. The van der Waals surface area contributed by atoms with Crippen molar-refractivity contribution in [2.75, 3.05) is 6.54 Å². The van der Waals surface area contributed by atoms with Gasteiger partial charge < -0.3 is 11.5 Å². The van der Waals surface area contributed by atoms with Gasteiger partial charge in [-0.3, -0.25) is 15.1 Å². The zero-order valence-electron chi connectivity index (χ0n) is 5.82. The lowest BCUT2D eigenvalue weighted by molar-refractivity contribution is -0.119. The van der Waals surface area contributed by atoms with Gasteiger partial charge in [-0.25, -0.2) is 0 Å². The summed E-state index contributed by atoms with van der Waals surface area (Å²) in [5.74, 6) is -0.697. The minimum Gasteiger partial charge on any atom is -0.370 e. The van der Waals surface area contributed by atoms with Gasteiger partial charge in [-0.2, -0.15) is 4.99 Å². The van der Waals surface area contributed by atoms with Crippen LogP contribution in [0.3, 0.4) is 0 Å². The summed E-state index contributed by atoms with van der Waals surface area (Å²) in [5.41, 5.74) is 9.98. The van der Waals surface area contributed by atoms with E-state index in [9.17, 15) is 4.79 Å². The van der Waals surface area contributed by atoms with E-state index < -0.39 is 12.1 Å². The molecule has 1 heterocycles. The molecule has 5 N–H and O–H groups in total. The van der Waals surface area contributed by atoms with Gasteiger partial charge in [-0.05, 0) is 0 Å². The van der Waals surface area contributed by atoms with E-state index in [4.69, 9.17) is 11.5 Å². The number of carbonyl (C=O) groups is 1. The monoisotopic (exact) mass is 155 g/mol. The molecule has 0 aromatic rings. The number of hydrogen-bond donors (Lipinski definition) is 3. The highest BCUT2D eigenvalue weighted by Crippen LogP contribution is 1.93. The van der Waals surface area contributed by atoms with Crippen molar-refractivity contribution >= 4 is 18.1 Å². The largest absolute Gasteiger partial charge is 0.370 e. The van der Waals surface area contributed by atoms with Gasteiger partial charge >= 0.3 is 0 Å². The fraction of sp³-hybridized carbons (Fsp3) is 0.400. The number of nitrogens with zero attached hydrogens (tertiary/aromatic N) is 2. The van der Waals surface area contributed by atoms with Crippen molar-refractivity contribution < 1.29 is 4.79 Å². The highest BCUT2D eigenvalue weighted by Gasteiger charge is 2.17. The molecule has 11 heavy (non-hydrogen) atoms. The molecule has 1 unspecified atom stereocenters. The van der Waals surface area contributed by atoms with Crippen LogP contribution in [0.4, 0.5) is 0 Å². The molecule has 0 radical (unpaired) electrons. The molecular formula is C5H9N5O. The van der Waals surface area contributed by atoms with Crippen molar-refractivity contribution in [3.63, 3.8) is 0 Å². The molecule has 1 atom stereocenters. The summed E-state index contributed by atoms with van der Waals surface area (Å²) >= 11 is 0. The number of aliphatic imine (C=N–C) groups is 2. The van der Waals surface area contributed by atoms with Crippen LogP contribution in [0.1, 0.15) is 0 Å². The van der Waals surface area contributed by atoms with Gasteiger partial charge in [-0.1, -0.05) is 0 Å². The Morgan fingerprint density at radius 2 is 2.45 bits per heavy atom. The van der Waals surface area contributed by atoms with Gasteiger partial charge in [0.15, 0.2) is 12.1 Å². The van der Waals surface area contributed by atoms with Gasteiger partial charge in [-0.15, -0.1) is 0 Å². The van der Waals surface area contributed by atoms with Crippen molar-refractivity contribution in [1.82, 2.24) is 5.32 Å². The number of amides is 1. The van der Waals surface area contributed by atoms with E-state index in [2.05, 4.69) is 15.3 Å². The number of hydrogen-bond acceptors (Lipinski definition) is 3. The Labute approximate surface area is 63.4 Å². The molecular weight excluding hydrogens is 146 g/mol. The lowest BCUT2D eigenvalue weighted by atomic mass is 10.5. The van der Waals surface area contributed by atoms with Gasteiger partial charge in [0.05, 0.1) is 0 Å². The summed E-state index contributed by atoms with van der Waals surface area (Å²) in [6, 6.07) is 0. The first-order chi connectivity index (χ1) is 5.20. The number of rotatable bonds is 1. The Kier molecular flexibility index (Phi) is 2.17. The van der Waals surface area contributed by atoms with E-state index in [0.29, 0.717) is 6.54 Å². The summed E-state index contributed by atoms with van der Waals surface area (Å²) in [6.45, 7) is 0.580. The number of guanidine groups is 1. The lowest BCUT2D eigenvalue weighted by Gasteiger charge is -2.01. The Hall–Kier alpha value is -1.43. The molecule has 1 rings (SSSR count). The summed E-state index contributed by atoms with van der Waals surface area (Å²) in [4.78, 5) is 18.0. The average molecular weight is 155 g/mol. The fourth-order valence-electron chi connectivity index (χ4n) is 0.715. The minimum absolute atomic E-state index is 0.237. The lowest BCUT2D eigenvalue weighted by Crippen LogP contribution is -2.33. The van der Waals surface area contributed by atoms with Gasteiger partial charge in [0, 0.05) is 12.8 Å². The normalized spacial score (nSPS) is 21.6. The molecule has 0 saturated heterocycles. The molecule has 6 nitrogen and oxygen atoms in total. The second kappa shape index (κ2) is 3.11. The highest BCUT2D eigenvalue weighted by atomic mass is 16.2. The maximum Gasteiger partial charge on any atom is 0.288 e. The standard InChI is InChI=1S/C5H9N5O/c6-5(7)10-4(11)3-8-1-2-9-3/h1,3,9H,2H2,(H4,6,7,10,11). The molecule has 1 aliphatic heterocycles. The summed E-state index contributed by atoms with van der Waals surface area (Å²) < 4.78 is 0. The van der Waals surface area contributed by atoms with Crippen molar-refractivity contribution in [3.8, 4) is 0 Å². The van der Waals surface area contributed by atoms with Crippen LogP contribution in [0, 0.1) is 0 Å². The molecule has 60 valence electrons. The topological polar surface area (TPSA) is 106 Å². The predicted molar refractivity (Wildman–Crippen MR) is 41.1 cm³/mol. The number of carbonyl (C=O) groups excluding carboxylic acids is 1. The number of nitrogens with one attached hydrogen (secondary N) is 1. The smallest absolute Gasteiger partial charge is 0.288 e. The Balaban J connectivity index is 2.54. The SMILES string of the molecule is NC(N)=NC(=O)C1N=CCN1. The average Bonchev–Trinajstić information content (AvgIpc) is 2.35. The second-order valence-corrected chi connectivity index (χ2v) is 2.02. The third kappa shape index (κ3) is 2.01. The highest BCUT2D eigenvalue weighted by molar-refractivity contribution is 5.95. The first-order valence-corrected chi connectivity index (χ1v) is 3.08. The third-order valence-corrected chi connectivity index (χ3v) is 1.13. The predicted octanol–water partition coefficient (Wildman–Crippen LogP) is -2.21. The van der Waals surface area contributed by atoms with Crippen molar-refractivity contribution in [1.29, 1.82) is 0 Å². The molecule has 0 spiro atoms. The van der Waals surface area contributed by atoms with Crippen LogP contribution in [0.25, 0.3) is 0 Å². The molecule has 0 fully saturated rings. The van der Waals surface area contributed by atoms with Gasteiger partial charge in [0.2, 0.25) is 0 Å². The first-order valence-electron chi connectivity index (χ1n) is 3.08. The van der Waals surface area contributed by atoms with Crippen LogP contribution in [0.5, 0.6) is 0 Å². The van der Waals surface area contributed by atoms with E-state index in [1.165, 1.54) is 0 Å². The molecule has 0 saturated carbocycles. The Morgan fingerprint density at radius 1 is 1.73 bits per heavy atom. The second-order valence-electron chi connectivity index (χ2n) is 2.02. The third-order valence-electron chi connectivity index (χ3n) is 1.13. The first kappa shape index (κ1) is 7.67. The van der Waals surface area contributed by atoms with Crippen LogP contribution < -0.4 is 16.8 Å². The van der Waals surface area contributed by atoms with E-state index in [1.807, 2.05) is 0 Å². The van der Waals surface area contributed by atoms with Crippen molar-refractivity contribution in [2.45, 2.75) is 6.17 Å². The van der Waals surface area contributed by atoms with Gasteiger partial charge in [0.1, 0.15) is 0 Å². The minimum atomic E-state index is -0.600. The summed E-state index contributed by atoms with van der Waals surface area (Å²) in [6.07, 6.45) is 1.00. The van der Waals surface area contributed by atoms with E-state index in [0.717, 1.165) is 0 Å².